The van der Waals surface area contributed by atoms with Crippen molar-refractivity contribution in [3.63, 3.8) is 0 Å². The Hall–Kier alpha value is -3.19. The van der Waals surface area contributed by atoms with Crippen LogP contribution in [0, 0.1) is 0 Å². The van der Waals surface area contributed by atoms with E-state index in [1.165, 1.54) is 26.0 Å². The Morgan fingerprint density at radius 1 is 1.00 bits per heavy atom. The molecule has 2 aromatic rings. The van der Waals surface area contributed by atoms with Gasteiger partial charge in [-0.15, -0.1) is 0 Å². The van der Waals surface area contributed by atoms with Crippen LogP contribution in [0.25, 0.3) is 0 Å². The molecule has 0 unspecified atom stereocenters. The molecule has 0 saturated heterocycles. The molecule has 2 aromatic carbocycles. The molecule has 0 aromatic heterocycles. The highest BCUT2D eigenvalue weighted by Gasteiger charge is 2.41. The van der Waals surface area contributed by atoms with Gasteiger partial charge in [0.25, 0.3) is 17.7 Å². The molecule has 3 amide bonds. The van der Waals surface area contributed by atoms with Crippen LogP contribution < -0.4 is 5.32 Å². The van der Waals surface area contributed by atoms with Crippen molar-refractivity contribution < 1.29 is 23.9 Å². The van der Waals surface area contributed by atoms with Crippen LogP contribution in [0.3, 0.4) is 0 Å². The third-order valence-electron chi connectivity index (χ3n) is 4.31. The smallest absolute Gasteiger partial charge is 0.329 e. The molecule has 3 rings (SSSR count). The molecule has 0 spiro atoms. The molecule has 0 saturated carbocycles. The minimum Gasteiger partial charge on any atom is -0.451 e. The third-order valence-corrected chi connectivity index (χ3v) is 4.54. The number of ether oxygens (including phenoxy) is 1. The van der Waals surface area contributed by atoms with Crippen LogP contribution in [0.4, 0.5) is 5.69 Å². The molecule has 7 nitrogen and oxygen atoms in total. The molecule has 2 atom stereocenters. The predicted octanol–water partition coefficient (Wildman–Crippen LogP) is 2.89. The first-order valence-corrected chi connectivity index (χ1v) is 8.91. The Bertz CT molecular complexity index is 940. The topological polar surface area (TPSA) is 92.8 Å². The van der Waals surface area contributed by atoms with E-state index >= 15 is 0 Å². The van der Waals surface area contributed by atoms with E-state index in [1.54, 1.807) is 36.4 Å². The van der Waals surface area contributed by atoms with Gasteiger partial charge in [0.2, 0.25) is 0 Å². The number of nitrogens with one attached hydrogen (secondary N) is 1. The van der Waals surface area contributed by atoms with Crippen LogP contribution in [0.15, 0.2) is 48.5 Å². The Kier molecular flexibility index (Phi) is 5.46. The van der Waals surface area contributed by atoms with E-state index in [-0.39, 0.29) is 11.1 Å². The van der Waals surface area contributed by atoms with E-state index in [9.17, 15) is 19.2 Å². The SMILES string of the molecule is C[C@H](OC(=O)[C@@H](C)N1C(=O)c2ccccc2C1=O)C(=O)Nc1cccc(Cl)c1. The summed E-state index contributed by atoms with van der Waals surface area (Å²) in [5.41, 5.74) is 0.923. The van der Waals surface area contributed by atoms with Gasteiger partial charge in [-0.2, -0.15) is 0 Å². The molecular weight excluding hydrogens is 384 g/mol. The maximum atomic E-state index is 12.5. The maximum Gasteiger partial charge on any atom is 0.329 e. The second kappa shape index (κ2) is 7.82. The molecule has 28 heavy (non-hydrogen) atoms. The van der Waals surface area contributed by atoms with Crippen LogP contribution in [-0.2, 0) is 14.3 Å². The summed E-state index contributed by atoms with van der Waals surface area (Å²) >= 11 is 5.87. The number of nitrogens with zero attached hydrogens (tertiary/aromatic N) is 1. The fourth-order valence-corrected chi connectivity index (χ4v) is 2.99. The molecule has 8 heteroatoms. The molecule has 1 aliphatic rings. The molecule has 144 valence electrons. The van der Waals surface area contributed by atoms with Crippen molar-refractivity contribution in [2.24, 2.45) is 0 Å². The minimum absolute atomic E-state index is 0.235. The first-order chi connectivity index (χ1) is 13.3. The lowest BCUT2D eigenvalue weighted by Crippen LogP contribution is -2.45. The first kappa shape index (κ1) is 19.6. The van der Waals surface area contributed by atoms with Crippen LogP contribution in [0.1, 0.15) is 34.6 Å². The van der Waals surface area contributed by atoms with E-state index in [1.807, 2.05) is 0 Å². The largest absolute Gasteiger partial charge is 0.451 e. The van der Waals surface area contributed by atoms with Crippen molar-refractivity contribution in [2.75, 3.05) is 5.32 Å². The molecule has 1 heterocycles. The second-order valence-corrected chi connectivity index (χ2v) is 6.72. The molecule has 1 N–H and O–H groups in total. The number of fused-ring (bicyclic) bond motifs is 1. The van der Waals surface area contributed by atoms with Gasteiger partial charge in [0.05, 0.1) is 11.1 Å². The van der Waals surface area contributed by atoms with Crippen molar-refractivity contribution in [1.29, 1.82) is 0 Å². The van der Waals surface area contributed by atoms with Gasteiger partial charge in [0.15, 0.2) is 6.10 Å². The number of amides is 3. The lowest BCUT2D eigenvalue weighted by atomic mass is 10.1. The number of carbonyl (C=O) groups excluding carboxylic acids is 4. The summed E-state index contributed by atoms with van der Waals surface area (Å²) in [5, 5.41) is 3.03. The molecule has 0 aliphatic carbocycles. The Morgan fingerprint density at radius 2 is 1.61 bits per heavy atom. The monoisotopic (exact) mass is 400 g/mol. The summed E-state index contributed by atoms with van der Waals surface area (Å²) in [4.78, 5) is 50.4. The number of halogens is 1. The van der Waals surface area contributed by atoms with Crippen molar-refractivity contribution in [3.05, 3.63) is 64.7 Å². The van der Waals surface area contributed by atoms with Gasteiger partial charge in [-0.3, -0.25) is 19.3 Å². The summed E-state index contributed by atoms with van der Waals surface area (Å²) < 4.78 is 5.15. The predicted molar refractivity (Wildman–Crippen MR) is 102 cm³/mol. The van der Waals surface area contributed by atoms with Crippen LogP contribution >= 0.6 is 11.6 Å². The Labute approximate surface area is 166 Å². The number of carbonyl (C=O) groups is 4. The zero-order valence-electron chi connectivity index (χ0n) is 15.1. The molecule has 0 bridgehead atoms. The van der Waals surface area contributed by atoms with Crippen LogP contribution in [0.2, 0.25) is 5.02 Å². The van der Waals surface area contributed by atoms with E-state index in [0.29, 0.717) is 10.7 Å². The average Bonchev–Trinajstić information content (AvgIpc) is 2.92. The summed E-state index contributed by atoms with van der Waals surface area (Å²) in [7, 11) is 0. The Morgan fingerprint density at radius 3 is 2.18 bits per heavy atom. The summed E-state index contributed by atoms with van der Waals surface area (Å²) in [6.45, 7) is 2.78. The second-order valence-electron chi connectivity index (χ2n) is 6.28. The maximum absolute atomic E-state index is 12.5. The summed E-state index contributed by atoms with van der Waals surface area (Å²) in [6.07, 6.45) is -1.14. The fraction of sp³-hybridized carbons (Fsp3) is 0.200. The lowest BCUT2D eigenvalue weighted by Gasteiger charge is -2.22. The highest BCUT2D eigenvalue weighted by atomic mass is 35.5. The summed E-state index contributed by atoms with van der Waals surface area (Å²) in [5.74, 6) is -2.56. The molecule has 0 radical (unpaired) electrons. The van der Waals surface area contributed by atoms with E-state index in [2.05, 4.69) is 5.32 Å². The first-order valence-electron chi connectivity index (χ1n) is 8.53. The van der Waals surface area contributed by atoms with Crippen molar-refractivity contribution in [2.45, 2.75) is 26.0 Å². The van der Waals surface area contributed by atoms with E-state index < -0.39 is 35.8 Å². The average molecular weight is 401 g/mol. The highest BCUT2D eigenvalue weighted by molar-refractivity contribution is 6.30. The van der Waals surface area contributed by atoms with E-state index in [4.69, 9.17) is 16.3 Å². The molecule has 0 fully saturated rings. The van der Waals surface area contributed by atoms with Gasteiger partial charge < -0.3 is 10.1 Å². The standard InChI is InChI=1S/C20H17ClN2O5/c1-11(23-18(25)15-8-3-4-9-16(15)19(23)26)20(27)28-12(2)17(24)22-14-7-5-6-13(21)10-14/h3-12H,1-2H3,(H,22,24)/t11-,12+/m1/s1. The zero-order valence-corrected chi connectivity index (χ0v) is 15.9. The minimum atomic E-state index is -1.17. The van der Waals surface area contributed by atoms with Gasteiger partial charge in [-0.05, 0) is 44.2 Å². The molecule has 1 aliphatic heterocycles. The number of anilines is 1. The fourth-order valence-electron chi connectivity index (χ4n) is 2.80. The number of esters is 1. The third kappa shape index (κ3) is 3.75. The van der Waals surface area contributed by atoms with Gasteiger partial charge >= 0.3 is 5.97 Å². The Balaban J connectivity index is 1.65. The van der Waals surface area contributed by atoms with Crippen molar-refractivity contribution >= 4 is 41.0 Å². The number of imide groups is 1. The van der Waals surface area contributed by atoms with Gasteiger partial charge in [0, 0.05) is 10.7 Å². The number of benzene rings is 2. The number of hydrogen-bond acceptors (Lipinski definition) is 5. The van der Waals surface area contributed by atoms with Crippen LogP contribution in [-0.4, -0.2) is 40.7 Å². The highest BCUT2D eigenvalue weighted by Crippen LogP contribution is 2.25. The van der Waals surface area contributed by atoms with E-state index in [0.717, 1.165) is 4.90 Å². The summed E-state index contributed by atoms with van der Waals surface area (Å²) in [6, 6.07) is 11.7. The zero-order chi connectivity index (χ0) is 20.4. The molecular formula is C20H17ClN2O5. The number of hydrogen-bond donors (Lipinski definition) is 1. The number of rotatable bonds is 5. The lowest BCUT2D eigenvalue weighted by molar-refractivity contribution is -0.156. The quantitative estimate of drug-likeness (QED) is 0.615. The van der Waals surface area contributed by atoms with Crippen molar-refractivity contribution in [1.82, 2.24) is 4.90 Å². The van der Waals surface area contributed by atoms with Crippen LogP contribution in [0.5, 0.6) is 0 Å². The normalized spacial score (nSPS) is 15.0. The van der Waals surface area contributed by atoms with Crippen molar-refractivity contribution in [3.8, 4) is 0 Å². The van der Waals surface area contributed by atoms with Gasteiger partial charge in [0.1, 0.15) is 6.04 Å². The van der Waals surface area contributed by atoms with Gasteiger partial charge in [-0.1, -0.05) is 29.8 Å². The van der Waals surface area contributed by atoms with Gasteiger partial charge in [-0.25, -0.2) is 4.79 Å².